The van der Waals surface area contributed by atoms with Gasteiger partial charge in [-0.2, -0.15) is 0 Å². The summed E-state index contributed by atoms with van der Waals surface area (Å²) in [6.07, 6.45) is 1.73. The third-order valence-electron chi connectivity index (χ3n) is 2.25. The molecule has 0 fully saturated rings. The van der Waals surface area contributed by atoms with E-state index in [0.29, 0.717) is 24.8 Å². The van der Waals surface area contributed by atoms with Crippen molar-refractivity contribution in [1.82, 2.24) is 5.32 Å². The van der Waals surface area contributed by atoms with Gasteiger partial charge in [0.2, 0.25) is 0 Å². The Kier molecular flexibility index (Phi) is 7.85. The van der Waals surface area contributed by atoms with E-state index in [1.54, 1.807) is 19.3 Å². The lowest BCUT2D eigenvalue weighted by atomic mass is 10.2. The zero-order chi connectivity index (χ0) is 13.2. The zero-order valence-electron chi connectivity index (χ0n) is 10.3. The summed E-state index contributed by atoms with van der Waals surface area (Å²) >= 11 is 11.4. The van der Waals surface area contributed by atoms with Crippen molar-refractivity contribution in [3.63, 3.8) is 0 Å². The van der Waals surface area contributed by atoms with E-state index in [2.05, 4.69) is 5.32 Å². The van der Waals surface area contributed by atoms with Gasteiger partial charge in [0, 0.05) is 36.3 Å². The maximum Gasteiger partial charge on any atom is 0.124 e. The fraction of sp³-hybridized carbons (Fsp3) is 0.385. The Balaban J connectivity index is 2.58. The summed E-state index contributed by atoms with van der Waals surface area (Å²) in [5, 5.41) is 3.95. The van der Waals surface area contributed by atoms with Crippen LogP contribution in [-0.4, -0.2) is 26.9 Å². The van der Waals surface area contributed by atoms with Gasteiger partial charge in [0.1, 0.15) is 12.4 Å². The molecule has 5 heteroatoms. The maximum absolute atomic E-state index is 5.98. The summed E-state index contributed by atoms with van der Waals surface area (Å²) in [7, 11) is 1.67. The molecule has 0 radical (unpaired) electrons. The lowest BCUT2D eigenvalue weighted by molar-refractivity contribution is 0.199. The van der Waals surface area contributed by atoms with Crippen LogP contribution in [-0.2, 0) is 11.3 Å². The Morgan fingerprint density at radius 1 is 1.39 bits per heavy atom. The molecule has 0 saturated heterocycles. The van der Waals surface area contributed by atoms with Crippen molar-refractivity contribution in [1.29, 1.82) is 0 Å². The van der Waals surface area contributed by atoms with E-state index in [0.717, 1.165) is 17.9 Å². The molecule has 0 aliphatic carbocycles. The standard InChI is InChI=1S/C13H17Cl2NO2/c1-17-8-6-16-10-11-9-12(15)3-4-13(11)18-7-2-5-14/h2-5,9,16H,6-8,10H2,1H3/b5-2+. The van der Waals surface area contributed by atoms with Gasteiger partial charge in [-0.25, -0.2) is 0 Å². The predicted octanol–water partition coefficient (Wildman–Crippen LogP) is 3.21. The number of hydrogen-bond acceptors (Lipinski definition) is 3. The molecule has 1 N–H and O–H groups in total. The van der Waals surface area contributed by atoms with Gasteiger partial charge in [0.15, 0.2) is 0 Å². The molecule has 1 rings (SSSR count). The molecule has 0 bridgehead atoms. The van der Waals surface area contributed by atoms with Crippen molar-refractivity contribution in [2.24, 2.45) is 0 Å². The highest BCUT2D eigenvalue weighted by atomic mass is 35.5. The average Bonchev–Trinajstić information content (AvgIpc) is 2.37. The van der Waals surface area contributed by atoms with Gasteiger partial charge in [-0.1, -0.05) is 23.2 Å². The number of methoxy groups -OCH3 is 1. The Morgan fingerprint density at radius 3 is 2.94 bits per heavy atom. The highest BCUT2D eigenvalue weighted by Crippen LogP contribution is 2.22. The SMILES string of the molecule is COCCNCc1cc(Cl)ccc1OC/C=C/Cl. The van der Waals surface area contributed by atoms with E-state index < -0.39 is 0 Å². The molecule has 0 aromatic heterocycles. The lowest BCUT2D eigenvalue weighted by Crippen LogP contribution is -2.19. The molecule has 0 aliphatic heterocycles. The molecule has 0 saturated carbocycles. The van der Waals surface area contributed by atoms with Gasteiger partial charge in [-0.15, -0.1) is 0 Å². The van der Waals surface area contributed by atoms with Crippen LogP contribution in [0, 0.1) is 0 Å². The van der Waals surface area contributed by atoms with Crippen molar-refractivity contribution in [2.45, 2.75) is 6.54 Å². The number of halogens is 2. The number of nitrogens with one attached hydrogen (secondary N) is 1. The monoisotopic (exact) mass is 289 g/mol. The van der Waals surface area contributed by atoms with Crippen LogP contribution in [0.4, 0.5) is 0 Å². The van der Waals surface area contributed by atoms with Crippen LogP contribution in [0.2, 0.25) is 5.02 Å². The van der Waals surface area contributed by atoms with E-state index in [1.807, 2.05) is 12.1 Å². The molecule has 1 aromatic rings. The van der Waals surface area contributed by atoms with E-state index in [4.69, 9.17) is 32.7 Å². The summed E-state index contributed by atoms with van der Waals surface area (Å²) in [5.41, 5.74) is 2.45. The second-order valence-corrected chi connectivity index (χ2v) is 4.28. The molecular formula is C13H17Cl2NO2. The Bertz CT molecular complexity index is 383. The van der Waals surface area contributed by atoms with Crippen LogP contribution in [0.15, 0.2) is 29.8 Å². The molecule has 0 aliphatic rings. The van der Waals surface area contributed by atoms with Crippen LogP contribution in [0.5, 0.6) is 5.75 Å². The average molecular weight is 290 g/mol. The second-order valence-electron chi connectivity index (χ2n) is 3.59. The predicted molar refractivity (Wildman–Crippen MR) is 75.5 cm³/mol. The summed E-state index contributed by atoms with van der Waals surface area (Å²) in [6.45, 7) is 2.58. The van der Waals surface area contributed by atoms with Crippen molar-refractivity contribution in [3.8, 4) is 5.75 Å². The van der Waals surface area contributed by atoms with E-state index in [1.165, 1.54) is 5.54 Å². The highest BCUT2D eigenvalue weighted by Gasteiger charge is 2.04. The highest BCUT2D eigenvalue weighted by molar-refractivity contribution is 6.30. The fourth-order valence-electron chi connectivity index (χ4n) is 1.40. The first-order chi connectivity index (χ1) is 8.77. The third-order valence-corrected chi connectivity index (χ3v) is 2.66. The molecular weight excluding hydrogens is 273 g/mol. The normalized spacial score (nSPS) is 11.1. The van der Waals surface area contributed by atoms with Crippen molar-refractivity contribution in [3.05, 3.63) is 40.4 Å². The molecule has 0 heterocycles. The molecule has 100 valence electrons. The Labute approximate surface area is 118 Å². The molecule has 0 unspecified atom stereocenters. The van der Waals surface area contributed by atoms with Crippen LogP contribution >= 0.6 is 23.2 Å². The van der Waals surface area contributed by atoms with Gasteiger partial charge in [0.25, 0.3) is 0 Å². The zero-order valence-corrected chi connectivity index (χ0v) is 11.8. The minimum absolute atomic E-state index is 0.441. The lowest BCUT2D eigenvalue weighted by Gasteiger charge is -2.11. The van der Waals surface area contributed by atoms with Gasteiger partial charge < -0.3 is 14.8 Å². The second kappa shape index (κ2) is 9.22. The van der Waals surface area contributed by atoms with Crippen molar-refractivity contribution in [2.75, 3.05) is 26.9 Å². The first-order valence-electron chi connectivity index (χ1n) is 5.64. The minimum atomic E-state index is 0.441. The number of ether oxygens (including phenoxy) is 2. The summed E-state index contributed by atoms with van der Waals surface area (Å²) in [6, 6.07) is 5.55. The molecule has 3 nitrogen and oxygen atoms in total. The first-order valence-corrected chi connectivity index (χ1v) is 6.45. The fourth-order valence-corrected chi connectivity index (χ4v) is 1.67. The first kappa shape index (κ1) is 15.3. The van der Waals surface area contributed by atoms with Gasteiger partial charge >= 0.3 is 0 Å². The van der Waals surface area contributed by atoms with Gasteiger partial charge in [-0.05, 0) is 24.3 Å². The van der Waals surface area contributed by atoms with Crippen LogP contribution < -0.4 is 10.1 Å². The quantitative estimate of drug-likeness (QED) is 0.746. The molecule has 1 aromatic carbocycles. The van der Waals surface area contributed by atoms with E-state index in [-0.39, 0.29) is 0 Å². The summed E-state index contributed by atoms with van der Waals surface area (Å²) in [5.74, 6) is 0.805. The van der Waals surface area contributed by atoms with Crippen molar-refractivity contribution >= 4 is 23.2 Å². The Hall–Kier alpha value is -0.740. The smallest absolute Gasteiger partial charge is 0.124 e. The van der Waals surface area contributed by atoms with Crippen LogP contribution in [0.25, 0.3) is 0 Å². The van der Waals surface area contributed by atoms with Crippen LogP contribution in [0.1, 0.15) is 5.56 Å². The number of hydrogen-bond donors (Lipinski definition) is 1. The van der Waals surface area contributed by atoms with Gasteiger partial charge in [0.05, 0.1) is 6.61 Å². The number of rotatable bonds is 8. The summed E-state index contributed by atoms with van der Waals surface area (Å²) < 4.78 is 10.6. The topological polar surface area (TPSA) is 30.5 Å². The van der Waals surface area contributed by atoms with E-state index in [9.17, 15) is 0 Å². The van der Waals surface area contributed by atoms with Crippen LogP contribution in [0.3, 0.4) is 0 Å². The van der Waals surface area contributed by atoms with Gasteiger partial charge in [-0.3, -0.25) is 0 Å². The van der Waals surface area contributed by atoms with E-state index >= 15 is 0 Å². The largest absolute Gasteiger partial charge is 0.489 e. The molecule has 18 heavy (non-hydrogen) atoms. The molecule has 0 amide bonds. The maximum atomic E-state index is 5.98. The van der Waals surface area contributed by atoms with Crippen molar-refractivity contribution < 1.29 is 9.47 Å². The molecule has 0 spiro atoms. The molecule has 0 atom stereocenters. The minimum Gasteiger partial charge on any atom is -0.489 e. The third kappa shape index (κ3) is 5.74. The Morgan fingerprint density at radius 2 is 2.22 bits per heavy atom. The number of benzene rings is 1. The summed E-state index contributed by atoms with van der Waals surface area (Å²) in [4.78, 5) is 0.